The van der Waals surface area contributed by atoms with Gasteiger partial charge in [-0.15, -0.1) is 0 Å². The van der Waals surface area contributed by atoms with Crippen molar-refractivity contribution in [2.75, 3.05) is 59.4 Å². The SMILES string of the molecule is CC(=O)N[C@@H]1C(OCCOCC(=O)CCC(C)CNC(=O)COCCOC2OC(CO)[C@H](O)[C@H](O)[C@@H]2NC(C)=O)OC(CO)[C@H](O)[C@@H]1O. The van der Waals surface area contributed by atoms with E-state index >= 15 is 0 Å². The van der Waals surface area contributed by atoms with Crippen molar-refractivity contribution in [1.29, 1.82) is 0 Å². The van der Waals surface area contributed by atoms with Crippen LogP contribution in [0.5, 0.6) is 0 Å². The van der Waals surface area contributed by atoms with Crippen molar-refractivity contribution in [3.05, 3.63) is 0 Å². The van der Waals surface area contributed by atoms with E-state index in [-0.39, 0.29) is 57.8 Å². The summed E-state index contributed by atoms with van der Waals surface area (Å²) < 4.78 is 32.6. The van der Waals surface area contributed by atoms with E-state index < -0.39 is 92.2 Å². The summed E-state index contributed by atoms with van der Waals surface area (Å²) >= 11 is 0. The summed E-state index contributed by atoms with van der Waals surface area (Å²) in [6.45, 7) is 2.82. The van der Waals surface area contributed by atoms with Crippen LogP contribution in [0.25, 0.3) is 0 Å². The molecule has 19 heteroatoms. The van der Waals surface area contributed by atoms with Crippen LogP contribution in [0, 0.1) is 5.92 Å². The molecule has 9 N–H and O–H groups in total. The largest absolute Gasteiger partial charge is 0.394 e. The fraction of sp³-hybridized carbons (Fsp3) is 0.862. The van der Waals surface area contributed by atoms with Crippen molar-refractivity contribution in [2.45, 2.75) is 94.9 Å². The van der Waals surface area contributed by atoms with Gasteiger partial charge in [-0.2, -0.15) is 0 Å². The first-order valence-corrected chi connectivity index (χ1v) is 15.7. The quantitative estimate of drug-likeness (QED) is 0.0508. The summed E-state index contributed by atoms with van der Waals surface area (Å²) in [5.41, 5.74) is 0. The van der Waals surface area contributed by atoms with Crippen LogP contribution >= 0.6 is 0 Å². The molecule has 2 saturated heterocycles. The fourth-order valence-corrected chi connectivity index (χ4v) is 4.94. The second-order valence-corrected chi connectivity index (χ2v) is 11.7. The maximum Gasteiger partial charge on any atom is 0.246 e. The molecule has 0 spiro atoms. The van der Waals surface area contributed by atoms with E-state index in [2.05, 4.69) is 16.0 Å². The van der Waals surface area contributed by atoms with Gasteiger partial charge in [0.25, 0.3) is 0 Å². The number of ketones is 1. The Morgan fingerprint density at radius 1 is 0.708 bits per heavy atom. The Labute approximate surface area is 278 Å². The molecule has 2 aliphatic heterocycles. The van der Waals surface area contributed by atoms with Gasteiger partial charge >= 0.3 is 0 Å². The molecule has 0 saturated carbocycles. The molecule has 2 heterocycles. The van der Waals surface area contributed by atoms with Crippen LogP contribution in [0.3, 0.4) is 0 Å². The smallest absolute Gasteiger partial charge is 0.246 e. The van der Waals surface area contributed by atoms with Gasteiger partial charge in [0.1, 0.15) is 61.9 Å². The van der Waals surface area contributed by atoms with Crippen molar-refractivity contribution in [2.24, 2.45) is 5.92 Å². The molecule has 0 aliphatic carbocycles. The van der Waals surface area contributed by atoms with Crippen molar-refractivity contribution in [3.8, 4) is 0 Å². The minimum absolute atomic E-state index is 0.00466. The number of carbonyl (C=O) groups is 4. The maximum atomic E-state index is 12.2. The summed E-state index contributed by atoms with van der Waals surface area (Å²) in [5.74, 6) is -1.56. The van der Waals surface area contributed by atoms with Crippen LogP contribution in [0.4, 0.5) is 0 Å². The van der Waals surface area contributed by atoms with Gasteiger partial charge in [0.2, 0.25) is 17.7 Å². The Balaban J connectivity index is 1.57. The molecule has 19 nitrogen and oxygen atoms in total. The third-order valence-corrected chi connectivity index (χ3v) is 7.58. The number of amides is 3. The molecule has 48 heavy (non-hydrogen) atoms. The number of rotatable bonds is 21. The average molecular weight is 698 g/mol. The summed E-state index contributed by atoms with van der Waals surface area (Å²) in [4.78, 5) is 47.3. The molecular weight excluding hydrogens is 646 g/mol. The van der Waals surface area contributed by atoms with Crippen LogP contribution in [0.15, 0.2) is 0 Å². The second kappa shape index (κ2) is 21.6. The van der Waals surface area contributed by atoms with Crippen molar-refractivity contribution in [3.63, 3.8) is 0 Å². The zero-order valence-corrected chi connectivity index (χ0v) is 27.4. The lowest BCUT2D eigenvalue weighted by atomic mass is 9.97. The van der Waals surface area contributed by atoms with Gasteiger partial charge < -0.3 is 75.0 Å². The third kappa shape index (κ3) is 13.8. The zero-order valence-electron chi connectivity index (χ0n) is 27.4. The molecule has 0 aromatic carbocycles. The fourth-order valence-electron chi connectivity index (χ4n) is 4.94. The number of ether oxygens (including phenoxy) is 6. The van der Waals surface area contributed by atoms with Gasteiger partial charge in [0.15, 0.2) is 18.4 Å². The van der Waals surface area contributed by atoms with Crippen LogP contribution < -0.4 is 16.0 Å². The minimum Gasteiger partial charge on any atom is -0.394 e. The first-order valence-electron chi connectivity index (χ1n) is 15.7. The highest BCUT2D eigenvalue weighted by Crippen LogP contribution is 2.23. The Morgan fingerprint density at radius 2 is 1.17 bits per heavy atom. The molecule has 5 unspecified atom stereocenters. The second-order valence-electron chi connectivity index (χ2n) is 11.7. The highest BCUT2D eigenvalue weighted by Gasteiger charge is 2.46. The monoisotopic (exact) mass is 697 g/mol. The lowest BCUT2D eigenvalue weighted by Crippen LogP contribution is -2.64. The predicted octanol–water partition coefficient (Wildman–Crippen LogP) is -4.96. The van der Waals surface area contributed by atoms with Gasteiger partial charge in [-0.1, -0.05) is 6.92 Å². The van der Waals surface area contributed by atoms with E-state index in [1.165, 1.54) is 13.8 Å². The molecule has 2 fully saturated rings. The van der Waals surface area contributed by atoms with Crippen molar-refractivity contribution in [1.82, 2.24) is 16.0 Å². The summed E-state index contributed by atoms with van der Waals surface area (Å²) in [7, 11) is 0. The lowest BCUT2D eigenvalue weighted by molar-refractivity contribution is -0.271. The number of hydrogen-bond donors (Lipinski definition) is 9. The highest BCUT2D eigenvalue weighted by atomic mass is 16.7. The molecule has 3 amide bonds. The summed E-state index contributed by atoms with van der Waals surface area (Å²) in [6, 6.07) is -2.16. The molecular formula is C29H51N3O16. The Bertz CT molecular complexity index is 932. The number of nitrogens with one attached hydrogen (secondary N) is 3. The third-order valence-electron chi connectivity index (χ3n) is 7.58. The van der Waals surface area contributed by atoms with Gasteiger partial charge in [-0.25, -0.2) is 0 Å². The van der Waals surface area contributed by atoms with E-state index in [1.807, 2.05) is 6.92 Å². The van der Waals surface area contributed by atoms with E-state index in [0.29, 0.717) is 13.0 Å². The summed E-state index contributed by atoms with van der Waals surface area (Å²) in [6.07, 6.45) is -9.61. The summed E-state index contributed by atoms with van der Waals surface area (Å²) in [5, 5.41) is 67.0. The number of hydrogen-bond acceptors (Lipinski definition) is 16. The normalized spacial score (nSPS) is 31.1. The molecule has 0 radical (unpaired) electrons. The molecule has 0 bridgehead atoms. The molecule has 0 aromatic rings. The average Bonchev–Trinajstić information content (AvgIpc) is 3.04. The lowest BCUT2D eigenvalue weighted by Gasteiger charge is -2.42. The van der Waals surface area contributed by atoms with Crippen LogP contribution in [0.2, 0.25) is 0 Å². The topological polar surface area (TPSA) is 281 Å². The van der Waals surface area contributed by atoms with Gasteiger partial charge in [0, 0.05) is 26.8 Å². The Hall–Kier alpha value is -2.40. The van der Waals surface area contributed by atoms with E-state index in [4.69, 9.17) is 28.4 Å². The van der Waals surface area contributed by atoms with Gasteiger partial charge in [0.05, 0.1) is 39.6 Å². The molecule has 2 aliphatic rings. The molecule has 11 atom stereocenters. The van der Waals surface area contributed by atoms with E-state index in [1.54, 1.807) is 0 Å². The maximum absolute atomic E-state index is 12.2. The van der Waals surface area contributed by atoms with Crippen molar-refractivity contribution >= 4 is 23.5 Å². The van der Waals surface area contributed by atoms with E-state index in [0.717, 1.165) is 0 Å². The van der Waals surface area contributed by atoms with Crippen molar-refractivity contribution < 1.29 is 78.2 Å². The number of aliphatic hydroxyl groups excluding tert-OH is 6. The Kier molecular flexibility index (Phi) is 18.8. The van der Waals surface area contributed by atoms with E-state index in [9.17, 15) is 49.8 Å². The molecule has 0 aromatic heterocycles. The van der Waals surface area contributed by atoms with Gasteiger partial charge in [-0.3, -0.25) is 19.2 Å². The Morgan fingerprint density at radius 3 is 1.60 bits per heavy atom. The highest BCUT2D eigenvalue weighted by molar-refractivity contribution is 5.79. The standard InChI is InChI=1S/C29H51N3O16/c1-15(4-5-18(37)13-43-6-8-45-28-22(31-16(2)35)26(41)24(39)19(11-33)47-28)10-30-21(38)14-44-7-9-46-29-23(32-17(3)36)27(42)25(40)20(12-34)48-29/h15,19-20,22-29,33-34,39-42H,4-14H2,1-3H3,(H,30,38)(H,31,35)(H,32,36)/t15?,19?,20?,22-,23-,24-,25-,26+,27+,28?,29?/m0/s1. The van der Waals surface area contributed by atoms with Crippen LogP contribution in [-0.4, -0.2) is 175 Å². The number of aliphatic hydroxyl groups is 6. The van der Waals surface area contributed by atoms with Gasteiger partial charge in [-0.05, 0) is 12.3 Å². The minimum atomic E-state index is -1.44. The predicted molar refractivity (Wildman–Crippen MR) is 161 cm³/mol. The molecule has 2 rings (SSSR count). The van der Waals surface area contributed by atoms with Crippen LogP contribution in [0.1, 0.15) is 33.6 Å². The first kappa shape index (κ1) is 41.8. The first-order chi connectivity index (χ1) is 22.8. The number of Topliss-reactive ketones (excluding diaryl/α,β-unsaturated/α-hetero) is 1. The molecule has 278 valence electrons. The number of carbonyl (C=O) groups excluding carboxylic acids is 4. The van der Waals surface area contributed by atoms with Crippen LogP contribution in [-0.2, 0) is 47.6 Å². The zero-order chi connectivity index (χ0) is 35.8.